The van der Waals surface area contributed by atoms with Gasteiger partial charge in [-0.1, -0.05) is 0 Å². The van der Waals surface area contributed by atoms with Crippen LogP contribution in [0.25, 0.3) is 5.78 Å². The van der Waals surface area contributed by atoms with Crippen molar-refractivity contribution >= 4 is 17.7 Å². The second-order valence-electron chi connectivity index (χ2n) is 3.44. The van der Waals surface area contributed by atoms with Gasteiger partial charge in [0.05, 0.1) is 13.2 Å². The molecule has 0 bridgehead atoms. The quantitative estimate of drug-likeness (QED) is 0.741. The number of carbonyl (C=O) groups is 2. The Morgan fingerprint density at radius 1 is 1.21 bits per heavy atom. The lowest BCUT2D eigenvalue weighted by Crippen LogP contribution is -2.16. The molecular formula is C11H12N4O4. The van der Waals surface area contributed by atoms with Crippen molar-refractivity contribution in [2.75, 3.05) is 13.2 Å². The zero-order valence-corrected chi connectivity index (χ0v) is 10.5. The van der Waals surface area contributed by atoms with Gasteiger partial charge in [-0.25, -0.2) is 14.6 Å². The highest BCUT2D eigenvalue weighted by Gasteiger charge is 2.19. The molecule has 0 aromatic carbocycles. The normalized spacial score (nSPS) is 10.4. The Kier molecular flexibility index (Phi) is 3.69. The van der Waals surface area contributed by atoms with Crippen molar-refractivity contribution in [1.82, 2.24) is 19.6 Å². The second kappa shape index (κ2) is 5.42. The number of hydrogen-bond donors (Lipinski definition) is 0. The van der Waals surface area contributed by atoms with E-state index in [1.807, 2.05) is 0 Å². The van der Waals surface area contributed by atoms with Crippen molar-refractivity contribution in [3.8, 4) is 0 Å². The molecule has 0 saturated carbocycles. The Balaban J connectivity index is 2.51. The fourth-order valence-electron chi connectivity index (χ4n) is 1.47. The van der Waals surface area contributed by atoms with Gasteiger partial charge in [-0.2, -0.15) is 14.6 Å². The van der Waals surface area contributed by atoms with Crippen LogP contribution in [0.4, 0.5) is 0 Å². The van der Waals surface area contributed by atoms with E-state index in [1.165, 1.54) is 16.9 Å². The molecule has 0 saturated heterocycles. The zero-order chi connectivity index (χ0) is 13.8. The molecule has 2 rings (SSSR count). The highest BCUT2D eigenvalue weighted by molar-refractivity contribution is 5.93. The van der Waals surface area contributed by atoms with Crippen molar-refractivity contribution in [2.24, 2.45) is 0 Å². The van der Waals surface area contributed by atoms with Gasteiger partial charge in [-0.3, -0.25) is 0 Å². The zero-order valence-electron chi connectivity index (χ0n) is 10.5. The van der Waals surface area contributed by atoms with Crippen LogP contribution >= 0.6 is 0 Å². The molecule has 2 aromatic heterocycles. The molecule has 0 aliphatic heterocycles. The van der Waals surface area contributed by atoms with Gasteiger partial charge in [-0.05, 0) is 13.8 Å². The van der Waals surface area contributed by atoms with Crippen molar-refractivity contribution in [3.05, 3.63) is 23.8 Å². The average Bonchev–Trinajstić information content (AvgIpc) is 2.86. The molecule has 8 heteroatoms. The highest BCUT2D eigenvalue weighted by atomic mass is 16.5. The fraction of sp³-hybridized carbons (Fsp3) is 0.364. The summed E-state index contributed by atoms with van der Waals surface area (Å²) >= 11 is 0. The van der Waals surface area contributed by atoms with Gasteiger partial charge in [0.1, 0.15) is 6.33 Å². The predicted octanol–water partition coefficient (Wildman–Crippen LogP) is 0.478. The highest BCUT2D eigenvalue weighted by Crippen LogP contribution is 2.08. The van der Waals surface area contributed by atoms with Gasteiger partial charge < -0.3 is 9.47 Å². The summed E-state index contributed by atoms with van der Waals surface area (Å²) in [6.07, 6.45) is 1.24. The summed E-state index contributed by atoms with van der Waals surface area (Å²) in [4.78, 5) is 31.3. The molecule has 2 aromatic rings. The minimum atomic E-state index is -0.626. The van der Waals surface area contributed by atoms with E-state index in [2.05, 4.69) is 15.1 Å². The summed E-state index contributed by atoms with van der Waals surface area (Å²) in [7, 11) is 0. The Hall–Kier alpha value is -2.51. The van der Waals surface area contributed by atoms with Gasteiger partial charge >= 0.3 is 11.9 Å². The maximum absolute atomic E-state index is 11.8. The third kappa shape index (κ3) is 2.51. The summed E-state index contributed by atoms with van der Waals surface area (Å²) in [5.41, 5.74) is 0.0674. The average molecular weight is 264 g/mol. The van der Waals surface area contributed by atoms with Gasteiger partial charge in [0.15, 0.2) is 11.4 Å². The lowest BCUT2D eigenvalue weighted by Gasteiger charge is -2.06. The second-order valence-corrected chi connectivity index (χ2v) is 3.44. The number of hydrogen-bond acceptors (Lipinski definition) is 7. The van der Waals surface area contributed by atoms with Crippen LogP contribution in [0.5, 0.6) is 0 Å². The predicted molar refractivity (Wildman–Crippen MR) is 62.7 cm³/mol. The third-order valence-electron chi connectivity index (χ3n) is 2.22. The molecule has 0 fully saturated rings. The van der Waals surface area contributed by atoms with Crippen LogP contribution in [0.3, 0.4) is 0 Å². The fourth-order valence-corrected chi connectivity index (χ4v) is 1.47. The first-order valence-electron chi connectivity index (χ1n) is 5.72. The number of carbonyl (C=O) groups excluding carboxylic acids is 2. The van der Waals surface area contributed by atoms with Crippen LogP contribution in [0, 0.1) is 0 Å². The summed E-state index contributed by atoms with van der Waals surface area (Å²) in [6.45, 7) is 3.79. The number of aromatic nitrogens is 4. The van der Waals surface area contributed by atoms with Crippen molar-refractivity contribution in [2.45, 2.75) is 13.8 Å². The van der Waals surface area contributed by atoms with Crippen LogP contribution in [0.1, 0.15) is 34.8 Å². The molecule has 0 aliphatic rings. The number of fused-ring (bicyclic) bond motifs is 1. The SMILES string of the molecule is CCOC(=O)c1cc(C(=O)OCC)n2ncnc2n1. The van der Waals surface area contributed by atoms with Crippen molar-refractivity contribution < 1.29 is 19.1 Å². The van der Waals surface area contributed by atoms with E-state index in [4.69, 9.17) is 9.47 Å². The first-order valence-corrected chi connectivity index (χ1v) is 5.72. The Labute approximate surface area is 108 Å². The molecule has 19 heavy (non-hydrogen) atoms. The maximum atomic E-state index is 11.8. The molecule has 100 valence electrons. The topological polar surface area (TPSA) is 95.7 Å². The smallest absolute Gasteiger partial charge is 0.357 e. The van der Waals surface area contributed by atoms with Crippen LogP contribution in [-0.2, 0) is 9.47 Å². The first-order chi connectivity index (χ1) is 9.17. The number of esters is 2. The monoisotopic (exact) mass is 264 g/mol. The number of nitrogens with zero attached hydrogens (tertiary/aromatic N) is 4. The van der Waals surface area contributed by atoms with Gasteiger partial charge in [0.2, 0.25) is 0 Å². The Morgan fingerprint density at radius 3 is 2.58 bits per heavy atom. The van der Waals surface area contributed by atoms with Gasteiger partial charge in [0, 0.05) is 6.07 Å². The molecule has 0 aliphatic carbocycles. The molecule has 0 unspecified atom stereocenters. The van der Waals surface area contributed by atoms with E-state index in [1.54, 1.807) is 13.8 Å². The largest absolute Gasteiger partial charge is 0.461 e. The van der Waals surface area contributed by atoms with E-state index in [0.29, 0.717) is 0 Å². The van der Waals surface area contributed by atoms with Gasteiger partial charge in [0.25, 0.3) is 5.78 Å². The summed E-state index contributed by atoms with van der Waals surface area (Å²) in [6, 6.07) is 1.28. The maximum Gasteiger partial charge on any atom is 0.357 e. The first kappa shape index (κ1) is 12.9. The molecule has 0 atom stereocenters. The number of rotatable bonds is 4. The molecule has 0 spiro atoms. The summed E-state index contributed by atoms with van der Waals surface area (Å²) in [5.74, 6) is -1.10. The van der Waals surface area contributed by atoms with Crippen molar-refractivity contribution in [3.63, 3.8) is 0 Å². The molecule has 0 amide bonds. The van der Waals surface area contributed by atoms with Crippen molar-refractivity contribution in [1.29, 1.82) is 0 Å². The van der Waals surface area contributed by atoms with E-state index in [-0.39, 0.29) is 30.4 Å². The minimum absolute atomic E-state index is 0.00889. The van der Waals surface area contributed by atoms with Crippen LogP contribution in [0.15, 0.2) is 12.4 Å². The van der Waals surface area contributed by atoms with E-state index >= 15 is 0 Å². The van der Waals surface area contributed by atoms with Crippen LogP contribution < -0.4 is 0 Å². The van der Waals surface area contributed by atoms with Gasteiger partial charge in [-0.15, -0.1) is 0 Å². The number of ether oxygens (including phenoxy) is 2. The van der Waals surface area contributed by atoms with Crippen LogP contribution in [0.2, 0.25) is 0 Å². The summed E-state index contributed by atoms with van der Waals surface area (Å²) in [5, 5.41) is 3.86. The van der Waals surface area contributed by atoms with Crippen LogP contribution in [-0.4, -0.2) is 44.7 Å². The summed E-state index contributed by atoms with van der Waals surface area (Å²) < 4.78 is 10.9. The molecular weight excluding hydrogens is 252 g/mol. The molecule has 0 N–H and O–H groups in total. The molecule has 2 heterocycles. The third-order valence-corrected chi connectivity index (χ3v) is 2.22. The van der Waals surface area contributed by atoms with E-state index in [0.717, 1.165) is 0 Å². The molecule has 8 nitrogen and oxygen atoms in total. The van der Waals surface area contributed by atoms with E-state index < -0.39 is 11.9 Å². The minimum Gasteiger partial charge on any atom is -0.461 e. The standard InChI is InChI=1S/C11H12N4O4/c1-3-18-9(16)7-5-8(10(17)19-4-2)15-11(14-7)12-6-13-15/h5-6H,3-4H2,1-2H3. The Bertz CT molecular complexity index is 622. The lowest BCUT2D eigenvalue weighted by molar-refractivity contribution is 0.0513. The van der Waals surface area contributed by atoms with E-state index in [9.17, 15) is 9.59 Å². The lowest BCUT2D eigenvalue weighted by atomic mass is 10.3. The molecule has 0 radical (unpaired) electrons. The Morgan fingerprint density at radius 2 is 1.89 bits per heavy atom.